The van der Waals surface area contributed by atoms with E-state index in [1.807, 2.05) is 0 Å². The van der Waals surface area contributed by atoms with Gasteiger partial charge >= 0.3 is 17.9 Å². The molecule has 0 spiro atoms. The van der Waals surface area contributed by atoms with Crippen LogP contribution < -0.4 is 0 Å². The van der Waals surface area contributed by atoms with Crippen LogP contribution in [0.1, 0.15) is 278 Å². The van der Waals surface area contributed by atoms with Crippen LogP contribution in [0.15, 0.2) is 85.1 Å². The van der Waals surface area contributed by atoms with Crippen molar-refractivity contribution in [1.82, 2.24) is 0 Å². The third-order valence-corrected chi connectivity index (χ3v) is 12.4. The maximum absolute atomic E-state index is 12.8. The van der Waals surface area contributed by atoms with Crippen molar-refractivity contribution in [2.24, 2.45) is 0 Å². The number of carbonyl (C=O) groups is 3. The predicted octanol–water partition coefficient (Wildman–Crippen LogP) is 19.5. The maximum atomic E-state index is 12.8. The molecule has 1 unspecified atom stereocenters. The summed E-state index contributed by atoms with van der Waals surface area (Å²) in [7, 11) is 0. The Kier molecular flexibility index (Phi) is 54.3. The van der Waals surface area contributed by atoms with E-state index in [9.17, 15) is 14.4 Å². The van der Waals surface area contributed by atoms with Gasteiger partial charge in [0.2, 0.25) is 0 Å². The summed E-state index contributed by atoms with van der Waals surface area (Å²) in [6.45, 7) is 6.48. The van der Waals surface area contributed by atoms with E-state index in [0.29, 0.717) is 19.3 Å². The number of ether oxygens (including phenoxy) is 3. The van der Waals surface area contributed by atoms with Gasteiger partial charge in [0.05, 0.1) is 0 Å². The second-order valence-electron chi connectivity index (χ2n) is 19.2. The van der Waals surface area contributed by atoms with Gasteiger partial charge in [0, 0.05) is 19.3 Å². The second-order valence-corrected chi connectivity index (χ2v) is 19.2. The lowest BCUT2D eigenvalue weighted by molar-refractivity contribution is -0.167. The average molecular weight is 962 g/mol. The summed E-state index contributed by atoms with van der Waals surface area (Å²) in [5.41, 5.74) is 0. The second kappa shape index (κ2) is 57.2. The first-order valence-corrected chi connectivity index (χ1v) is 29.1. The molecule has 0 radical (unpaired) electrons. The molecule has 69 heavy (non-hydrogen) atoms. The van der Waals surface area contributed by atoms with Crippen molar-refractivity contribution < 1.29 is 28.6 Å². The molecule has 0 aliphatic carbocycles. The minimum absolute atomic E-state index is 0.0932. The molecule has 0 aromatic carbocycles. The Balaban J connectivity index is 4.37. The fraction of sp³-hybridized carbons (Fsp3) is 0.730. The number of allylic oxidation sites excluding steroid dienone is 14. The SMILES string of the molecule is CC/C=C\C/C=C\C/C=C\CCCCCC(=O)OCC(COC(=O)CCCCCCCCCC/C=C\C/C=C\C/C=C\CCCCCCC)OC(=O)CCCCCCC/C=C\CCCCCCCC. The highest BCUT2D eigenvalue weighted by molar-refractivity contribution is 5.71. The molecule has 0 bridgehead atoms. The van der Waals surface area contributed by atoms with Gasteiger partial charge in [0.15, 0.2) is 6.10 Å². The molecule has 0 aliphatic heterocycles. The van der Waals surface area contributed by atoms with Gasteiger partial charge in [0.1, 0.15) is 13.2 Å². The monoisotopic (exact) mass is 961 g/mol. The molecule has 0 amide bonds. The van der Waals surface area contributed by atoms with E-state index in [0.717, 1.165) is 116 Å². The van der Waals surface area contributed by atoms with Gasteiger partial charge in [-0.3, -0.25) is 14.4 Å². The van der Waals surface area contributed by atoms with Crippen molar-refractivity contribution in [2.45, 2.75) is 284 Å². The summed E-state index contributed by atoms with van der Waals surface area (Å²) in [4.78, 5) is 38.1. The van der Waals surface area contributed by atoms with Crippen molar-refractivity contribution in [3.63, 3.8) is 0 Å². The third kappa shape index (κ3) is 55.4. The van der Waals surface area contributed by atoms with Gasteiger partial charge in [-0.25, -0.2) is 0 Å². The van der Waals surface area contributed by atoms with Gasteiger partial charge in [0.25, 0.3) is 0 Å². The molecule has 0 heterocycles. The van der Waals surface area contributed by atoms with Crippen molar-refractivity contribution in [2.75, 3.05) is 13.2 Å². The molecule has 0 aliphatic rings. The van der Waals surface area contributed by atoms with Crippen molar-refractivity contribution in [3.05, 3.63) is 85.1 Å². The minimum Gasteiger partial charge on any atom is -0.462 e. The number of carbonyl (C=O) groups excluding carboxylic acids is 3. The molecule has 6 heteroatoms. The van der Waals surface area contributed by atoms with Crippen LogP contribution in [0, 0.1) is 0 Å². The summed E-state index contributed by atoms with van der Waals surface area (Å²) in [5, 5.41) is 0. The Morgan fingerprint density at radius 1 is 0.304 bits per heavy atom. The quantitative estimate of drug-likeness (QED) is 0.0262. The molecular weight excluding hydrogens is 853 g/mol. The lowest BCUT2D eigenvalue weighted by Crippen LogP contribution is -2.30. The molecule has 0 saturated carbocycles. The smallest absolute Gasteiger partial charge is 0.306 e. The van der Waals surface area contributed by atoms with Crippen LogP contribution in [0.5, 0.6) is 0 Å². The van der Waals surface area contributed by atoms with E-state index in [2.05, 4.69) is 106 Å². The molecule has 396 valence electrons. The van der Waals surface area contributed by atoms with E-state index in [1.165, 1.54) is 122 Å². The van der Waals surface area contributed by atoms with Crippen LogP contribution in [0.2, 0.25) is 0 Å². The number of esters is 3. The maximum Gasteiger partial charge on any atom is 0.306 e. The molecule has 0 aromatic rings. The first kappa shape index (κ1) is 65.6. The normalized spacial score (nSPS) is 12.7. The predicted molar refractivity (Wildman–Crippen MR) is 297 cm³/mol. The van der Waals surface area contributed by atoms with Gasteiger partial charge in [-0.1, -0.05) is 228 Å². The van der Waals surface area contributed by atoms with Crippen molar-refractivity contribution >= 4 is 17.9 Å². The summed E-state index contributed by atoms with van der Waals surface area (Å²) < 4.78 is 16.8. The van der Waals surface area contributed by atoms with E-state index in [1.54, 1.807) is 0 Å². The minimum atomic E-state index is -0.797. The van der Waals surface area contributed by atoms with Crippen molar-refractivity contribution in [3.8, 4) is 0 Å². The van der Waals surface area contributed by atoms with Crippen LogP contribution in [0.25, 0.3) is 0 Å². The summed E-state index contributed by atoms with van der Waals surface area (Å²) in [6.07, 6.45) is 74.3. The number of hydrogen-bond donors (Lipinski definition) is 0. The van der Waals surface area contributed by atoms with Gasteiger partial charge in [-0.05, 0) is 116 Å². The molecule has 0 N–H and O–H groups in total. The number of hydrogen-bond acceptors (Lipinski definition) is 6. The number of rotatable bonds is 52. The topological polar surface area (TPSA) is 78.9 Å². The van der Waals surface area contributed by atoms with E-state index in [-0.39, 0.29) is 31.1 Å². The zero-order chi connectivity index (χ0) is 50.0. The Labute approximate surface area is 426 Å². The largest absolute Gasteiger partial charge is 0.462 e. The van der Waals surface area contributed by atoms with Gasteiger partial charge < -0.3 is 14.2 Å². The summed E-state index contributed by atoms with van der Waals surface area (Å²) in [6, 6.07) is 0. The standard InChI is InChI=1S/C63H108O6/c1-4-7-10-13-16-19-22-25-27-28-29-30-31-32-33-34-36-38-41-44-47-50-53-56-62(65)68-59-60(58-67-61(64)55-52-49-46-43-40-37-24-21-18-15-12-9-6-3)69-63(66)57-54-51-48-45-42-39-35-26-23-20-17-14-11-8-5-2/h9,12,18,21-22,25-26,28-29,31-32,35,37,40,60H,4-8,10-11,13-17,19-20,23-24,27,30,33-34,36,38-39,41-59H2,1-3H3/b12-9-,21-18-,25-22-,29-28-,32-31-,35-26-,40-37-. The fourth-order valence-corrected chi connectivity index (χ4v) is 7.99. The molecule has 0 fully saturated rings. The zero-order valence-electron chi connectivity index (χ0n) is 45.3. The van der Waals surface area contributed by atoms with Crippen LogP contribution >= 0.6 is 0 Å². The summed E-state index contributed by atoms with van der Waals surface area (Å²) in [5.74, 6) is -0.934. The van der Waals surface area contributed by atoms with Crippen LogP contribution in [0.3, 0.4) is 0 Å². The summed E-state index contributed by atoms with van der Waals surface area (Å²) >= 11 is 0. The Hall–Kier alpha value is -3.41. The lowest BCUT2D eigenvalue weighted by Gasteiger charge is -2.18. The van der Waals surface area contributed by atoms with E-state index < -0.39 is 6.10 Å². The van der Waals surface area contributed by atoms with Crippen LogP contribution in [0.4, 0.5) is 0 Å². The highest BCUT2D eigenvalue weighted by Crippen LogP contribution is 2.14. The molecular formula is C63H108O6. The first-order valence-electron chi connectivity index (χ1n) is 29.1. The van der Waals surface area contributed by atoms with Crippen LogP contribution in [-0.2, 0) is 28.6 Å². The van der Waals surface area contributed by atoms with E-state index >= 15 is 0 Å². The molecule has 0 aromatic heterocycles. The third-order valence-electron chi connectivity index (χ3n) is 12.4. The molecule has 6 nitrogen and oxygen atoms in total. The molecule has 1 atom stereocenters. The zero-order valence-corrected chi connectivity index (χ0v) is 45.3. The first-order chi connectivity index (χ1) is 34.0. The lowest BCUT2D eigenvalue weighted by atomic mass is 10.1. The molecule has 0 rings (SSSR count). The Morgan fingerprint density at radius 2 is 0.565 bits per heavy atom. The Morgan fingerprint density at radius 3 is 0.913 bits per heavy atom. The van der Waals surface area contributed by atoms with Crippen molar-refractivity contribution in [1.29, 1.82) is 0 Å². The van der Waals surface area contributed by atoms with Crippen LogP contribution in [-0.4, -0.2) is 37.2 Å². The highest BCUT2D eigenvalue weighted by atomic mass is 16.6. The average Bonchev–Trinajstić information content (AvgIpc) is 3.35. The van der Waals surface area contributed by atoms with E-state index in [4.69, 9.17) is 14.2 Å². The Bertz CT molecular complexity index is 1330. The fourth-order valence-electron chi connectivity index (χ4n) is 7.99. The molecule has 0 saturated heterocycles. The van der Waals surface area contributed by atoms with Gasteiger partial charge in [-0.2, -0.15) is 0 Å². The number of unbranched alkanes of at least 4 members (excludes halogenated alkanes) is 27. The highest BCUT2D eigenvalue weighted by Gasteiger charge is 2.19. The van der Waals surface area contributed by atoms with Gasteiger partial charge in [-0.15, -0.1) is 0 Å².